The van der Waals surface area contributed by atoms with Crippen LogP contribution in [-0.2, 0) is 9.59 Å². The molecule has 0 unspecified atom stereocenters. The normalized spacial score (nSPS) is 30.6. The fourth-order valence-corrected chi connectivity index (χ4v) is 3.59. The van der Waals surface area contributed by atoms with Crippen molar-refractivity contribution < 1.29 is 9.59 Å². The number of amides is 2. The molecule has 1 aromatic rings. The van der Waals surface area contributed by atoms with Gasteiger partial charge in [0, 0.05) is 3.57 Å². The Morgan fingerprint density at radius 3 is 2.37 bits per heavy atom. The number of rotatable bonds is 1. The van der Waals surface area contributed by atoms with E-state index in [1.165, 1.54) is 4.90 Å². The van der Waals surface area contributed by atoms with Gasteiger partial charge in [-0.1, -0.05) is 6.92 Å². The molecule has 1 aliphatic carbocycles. The summed E-state index contributed by atoms with van der Waals surface area (Å²) in [4.78, 5) is 26.3. The van der Waals surface area contributed by atoms with E-state index in [4.69, 9.17) is 0 Å². The number of hydrogen-bond donors (Lipinski definition) is 0. The summed E-state index contributed by atoms with van der Waals surface area (Å²) >= 11 is 2.22. The fraction of sp³-hybridized carbons (Fsp3) is 0.467. The second-order valence-corrected chi connectivity index (χ2v) is 6.87. The molecule has 2 fully saturated rings. The molecule has 0 bridgehead atoms. The first-order valence-electron chi connectivity index (χ1n) is 6.71. The van der Waals surface area contributed by atoms with Gasteiger partial charge in [-0.2, -0.15) is 0 Å². The molecule has 1 aromatic carbocycles. The van der Waals surface area contributed by atoms with Crippen LogP contribution in [0.4, 0.5) is 5.69 Å². The number of imide groups is 1. The minimum Gasteiger partial charge on any atom is -0.274 e. The van der Waals surface area contributed by atoms with Crippen LogP contribution in [0.2, 0.25) is 0 Å². The average molecular weight is 369 g/mol. The molecule has 3 rings (SSSR count). The molecule has 1 aliphatic heterocycles. The van der Waals surface area contributed by atoms with Crippen LogP contribution in [0.15, 0.2) is 24.3 Å². The summed E-state index contributed by atoms with van der Waals surface area (Å²) in [6.45, 7) is 2.17. The molecule has 1 heterocycles. The molecule has 1 saturated heterocycles. The zero-order chi connectivity index (χ0) is 13.6. The number of carbonyl (C=O) groups is 2. The van der Waals surface area contributed by atoms with Crippen LogP contribution in [-0.4, -0.2) is 11.8 Å². The lowest BCUT2D eigenvalue weighted by Crippen LogP contribution is -2.30. The standard InChI is InChI=1S/C15H16INO2/c1-9-2-7-12-13(8-9)15(19)17(14(12)18)11-5-3-10(16)4-6-11/h3-6,9,12-13H,2,7-8H2,1H3/t9-,12+,13+/m0/s1. The third-order valence-electron chi connectivity index (χ3n) is 4.27. The van der Waals surface area contributed by atoms with Crippen molar-refractivity contribution in [1.29, 1.82) is 0 Å². The van der Waals surface area contributed by atoms with Gasteiger partial charge in [-0.3, -0.25) is 14.5 Å². The molecule has 1 saturated carbocycles. The van der Waals surface area contributed by atoms with Gasteiger partial charge in [-0.15, -0.1) is 0 Å². The lowest BCUT2D eigenvalue weighted by Gasteiger charge is -2.25. The Kier molecular flexibility index (Phi) is 3.37. The van der Waals surface area contributed by atoms with Gasteiger partial charge in [0.15, 0.2) is 0 Å². The molecule has 19 heavy (non-hydrogen) atoms. The van der Waals surface area contributed by atoms with Gasteiger partial charge in [0.2, 0.25) is 11.8 Å². The van der Waals surface area contributed by atoms with E-state index in [0.29, 0.717) is 5.92 Å². The van der Waals surface area contributed by atoms with Crippen molar-refractivity contribution in [2.45, 2.75) is 26.2 Å². The number of carbonyl (C=O) groups excluding carboxylic acids is 2. The third-order valence-corrected chi connectivity index (χ3v) is 4.99. The number of nitrogens with zero attached hydrogens (tertiary/aromatic N) is 1. The third kappa shape index (κ3) is 2.20. The summed E-state index contributed by atoms with van der Waals surface area (Å²) < 4.78 is 1.10. The molecule has 3 atom stereocenters. The SMILES string of the molecule is C[C@H]1CC[C@H]2C(=O)N(c3ccc(I)cc3)C(=O)[C@@H]2C1. The van der Waals surface area contributed by atoms with Gasteiger partial charge in [-0.05, 0) is 72.0 Å². The molecular formula is C15H16INO2. The molecule has 2 amide bonds. The first-order valence-corrected chi connectivity index (χ1v) is 7.79. The van der Waals surface area contributed by atoms with Crippen molar-refractivity contribution >= 4 is 40.1 Å². The molecule has 4 heteroatoms. The lowest BCUT2D eigenvalue weighted by atomic mass is 9.76. The topological polar surface area (TPSA) is 37.4 Å². The molecule has 0 radical (unpaired) electrons. The van der Waals surface area contributed by atoms with E-state index < -0.39 is 0 Å². The minimum absolute atomic E-state index is 0.00255. The lowest BCUT2D eigenvalue weighted by molar-refractivity contribution is -0.122. The first-order chi connectivity index (χ1) is 9.08. The van der Waals surface area contributed by atoms with Crippen molar-refractivity contribution in [3.05, 3.63) is 27.8 Å². The number of anilines is 1. The van der Waals surface area contributed by atoms with E-state index in [1.807, 2.05) is 24.3 Å². The summed E-state index contributed by atoms with van der Waals surface area (Å²) in [5.41, 5.74) is 0.720. The Balaban J connectivity index is 1.93. The molecule has 0 aromatic heterocycles. The first kappa shape index (κ1) is 13.1. The Morgan fingerprint density at radius 1 is 1.05 bits per heavy atom. The van der Waals surface area contributed by atoms with Crippen molar-refractivity contribution in [2.75, 3.05) is 4.90 Å². The largest absolute Gasteiger partial charge is 0.274 e. The van der Waals surface area contributed by atoms with Crippen LogP contribution < -0.4 is 4.90 Å². The Labute approximate surface area is 126 Å². The molecule has 100 valence electrons. The highest BCUT2D eigenvalue weighted by Gasteiger charge is 2.49. The van der Waals surface area contributed by atoms with E-state index in [1.54, 1.807) is 0 Å². The van der Waals surface area contributed by atoms with E-state index in [9.17, 15) is 9.59 Å². The van der Waals surface area contributed by atoms with E-state index in [-0.39, 0.29) is 23.7 Å². The smallest absolute Gasteiger partial charge is 0.237 e. The number of fused-ring (bicyclic) bond motifs is 1. The van der Waals surface area contributed by atoms with E-state index in [0.717, 1.165) is 28.5 Å². The van der Waals surface area contributed by atoms with Gasteiger partial charge in [-0.25, -0.2) is 0 Å². The molecule has 0 spiro atoms. The maximum Gasteiger partial charge on any atom is 0.237 e. The van der Waals surface area contributed by atoms with E-state index >= 15 is 0 Å². The second kappa shape index (κ2) is 4.89. The highest BCUT2D eigenvalue weighted by molar-refractivity contribution is 14.1. The molecule has 2 aliphatic rings. The quantitative estimate of drug-likeness (QED) is 0.563. The molecule has 0 N–H and O–H groups in total. The van der Waals surface area contributed by atoms with Gasteiger partial charge in [0.1, 0.15) is 0 Å². The second-order valence-electron chi connectivity index (χ2n) is 5.62. The summed E-state index contributed by atoms with van der Waals surface area (Å²) in [5.74, 6) is 0.388. The highest BCUT2D eigenvalue weighted by atomic mass is 127. The van der Waals surface area contributed by atoms with Crippen LogP contribution in [0.1, 0.15) is 26.2 Å². The maximum absolute atomic E-state index is 12.5. The summed E-state index contributed by atoms with van der Waals surface area (Å²) in [6.07, 6.45) is 2.77. The Morgan fingerprint density at radius 2 is 1.68 bits per heavy atom. The predicted molar refractivity (Wildman–Crippen MR) is 81.6 cm³/mol. The van der Waals surface area contributed by atoms with E-state index in [2.05, 4.69) is 29.5 Å². The van der Waals surface area contributed by atoms with Crippen LogP contribution in [0.25, 0.3) is 0 Å². The predicted octanol–water partition coefficient (Wildman–Crippen LogP) is 3.22. The van der Waals surface area contributed by atoms with Gasteiger partial charge in [0.05, 0.1) is 17.5 Å². The van der Waals surface area contributed by atoms with Gasteiger partial charge < -0.3 is 0 Å². The number of halogens is 1. The average Bonchev–Trinajstić information content (AvgIpc) is 2.63. The van der Waals surface area contributed by atoms with Crippen molar-refractivity contribution in [3.8, 4) is 0 Å². The molecule has 3 nitrogen and oxygen atoms in total. The van der Waals surface area contributed by atoms with Crippen LogP contribution in [0.5, 0.6) is 0 Å². The zero-order valence-corrected chi connectivity index (χ0v) is 13.0. The molecular weight excluding hydrogens is 353 g/mol. The monoisotopic (exact) mass is 369 g/mol. The maximum atomic E-state index is 12.5. The van der Waals surface area contributed by atoms with Crippen molar-refractivity contribution in [1.82, 2.24) is 0 Å². The van der Waals surface area contributed by atoms with Crippen LogP contribution >= 0.6 is 22.6 Å². The minimum atomic E-state index is -0.0875. The van der Waals surface area contributed by atoms with Crippen LogP contribution in [0.3, 0.4) is 0 Å². The summed E-state index contributed by atoms with van der Waals surface area (Å²) in [6, 6.07) is 7.58. The van der Waals surface area contributed by atoms with Crippen molar-refractivity contribution in [3.63, 3.8) is 0 Å². The fourth-order valence-electron chi connectivity index (χ4n) is 3.23. The highest BCUT2D eigenvalue weighted by Crippen LogP contribution is 2.42. The van der Waals surface area contributed by atoms with Crippen LogP contribution in [0, 0.1) is 21.3 Å². The zero-order valence-electron chi connectivity index (χ0n) is 10.8. The number of benzene rings is 1. The Hall–Kier alpha value is -0.910. The summed E-state index contributed by atoms with van der Waals surface area (Å²) in [7, 11) is 0. The van der Waals surface area contributed by atoms with Gasteiger partial charge >= 0.3 is 0 Å². The van der Waals surface area contributed by atoms with Crippen molar-refractivity contribution in [2.24, 2.45) is 17.8 Å². The summed E-state index contributed by atoms with van der Waals surface area (Å²) in [5, 5.41) is 0. The Bertz CT molecular complexity index is 525. The number of hydrogen-bond acceptors (Lipinski definition) is 2. The van der Waals surface area contributed by atoms with Gasteiger partial charge in [0.25, 0.3) is 0 Å².